The van der Waals surface area contributed by atoms with Gasteiger partial charge < -0.3 is 39.0 Å². The van der Waals surface area contributed by atoms with Gasteiger partial charge in [-0.2, -0.15) is 0 Å². The molecular formula is C31H39N5O7S. The molecule has 44 heavy (non-hydrogen) atoms. The molecule has 2 fully saturated rings. The molecule has 1 aromatic carbocycles. The first kappa shape index (κ1) is 31.6. The van der Waals surface area contributed by atoms with Gasteiger partial charge in [0.15, 0.2) is 11.6 Å². The van der Waals surface area contributed by atoms with Crippen LogP contribution in [0.2, 0.25) is 0 Å². The van der Waals surface area contributed by atoms with Crippen molar-refractivity contribution < 1.29 is 33.5 Å². The summed E-state index contributed by atoms with van der Waals surface area (Å²) >= 11 is 1.52. The normalized spacial score (nSPS) is 19.3. The number of ether oxygens (including phenoxy) is 2. The molecule has 0 radical (unpaired) electrons. The van der Waals surface area contributed by atoms with Gasteiger partial charge in [-0.05, 0) is 24.5 Å². The van der Waals surface area contributed by atoms with Crippen LogP contribution in [-0.2, 0) is 25.7 Å². The quantitative estimate of drug-likeness (QED) is 0.227. The van der Waals surface area contributed by atoms with Crippen molar-refractivity contribution in [1.82, 2.24) is 20.4 Å². The Balaban J connectivity index is 1.30. The number of carbonyl (C=O) groups excluding carboxylic acids is 3. The number of aliphatic hydroxyl groups is 1. The van der Waals surface area contributed by atoms with Gasteiger partial charge in [-0.25, -0.2) is 4.98 Å². The van der Waals surface area contributed by atoms with Gasteiger partial charge >= 0.3 is 0 Å². The molecule has 2 aliphatic rings. The third-order valence-corrected chi connectivity index (χ3v) is 8.95. The highest BCUT2D eigenvalue weighted by molar-refractivity contribution is 7.13. The van der Waals surface area contributed by atoms with Crippen molar-refractivity contribution in [3.63, 3.8) is 0 Å². The Morgan fingerprint density at radius 1 is 1.25 bits per heavy atom. The summed E-state index contributed by atoms with van der Waals surface area (Å²) in [5.74, 6) is 0.173. The average Bonchev–Trinajstić information content (AvgIpc) is 3.77. The van der Waals surface area contributed by atoms with Crippen LogP contribution in [0.5, 0.6) is 5.75 Å². The van der Waals surface area contributed by atoms with Crippen molar-refractivity contribution in [2.45, 2.75) is 58.2 Å². The Bertz CT molecular complexity index is 1450. The number of thiazole rings is 1. The van der Waals surface area contributed by atoms with E-state index in [1.54, 1.807) is 11.6 Å². The van der Waals surface area contributed by atoms with Gasteiger partial charge in [0.05, 0.1) is 42.0 Å². The number of β-amino-alcohol motifs (C(OH)–C–C–N with tert-alkyl or cyclic N) is 1. The number of anilines is 1. The Labute approximate surface area is 260 Å². The molecule has 2 saturated heterocycles. The van der Waals surface area contributed by atoms with E-state index in [-0.39, 0.29) is 50.3 Å². The van der Waals surface area contributed by atoms with E-state index < -0.39 is 18.1 Å². The molecule has 2 N–H and O–H groups in total. The Hall–Kier alpha value is -3.81. The summed E-state index contributed by atoms with van der Waals surface area (Å²) in [6.07, 6.45) is 0.333. The zero-order valence-electron chi connectivity index (χ0n) is 25.2. The number of rotatable bonds is 12. The first-order valence-electron chi connectivity index (χ1n) is 14.9. The van der Waals surface area contributed by atoms with Gasteiger partial charge in [-0.15, -0.1) is 11.3 Å². The van der Waals surface area contributed by atoms with E-state index in [1.807, 2.05) is 39.0 Å². The molecule has 1 unspecified atom stereocenters. The summed E-state index contributed by atoms with van der Waals surface area (Å²) < 4.78 is 17.0. The molecule has 236 valence electrons. The first-order chi connectivity index (χ1) is 21.3. The summed E-state index contributed by atoms with van der Waals surface area (Å²) in [7, 11) is 0. The molecule has 2 amide bonds. The fourth-order valence-electron chi connectivity index (χ4n) is 5.66. The smallest absolute Gasteiger partial charge is 0.243 e. The average molecular weight is 626 g/mol. The van der Waals surface area contributed by atoms with E-state index in [0.29, 0.717) is 43.6 Å². The first-order valence-corrected chi connectivity index (χ1v) is 15.8. The van der Waals surface area contributed by atoms with Crippen LogP contribution in [-0.4, -0.2) is 89.8 Å². The van der Waals surface area contributed by atoms with Crippen LogP contribution < -0.4 is 15.0 Å². The number of carbonyl (C=O) groups is 3. The van der Waals surface area contributed by atoms with Gasteiger partial charge in [0.2, 0.25) is 11.8 Å². The molecule has 3 atom stereocenters. The molecule has 3 aromatic rings. The highest BCUT2D eigenvalue weighted by Crippen LogP contribution is 2.34. The predicted octanol–water partition coefficient (Wildman–Crippen LogP) is 2.93. The molecule has 0 bridgehead atoms. The lowest BCUT2D eigenvalue weighted by Crippen LogP contribution is -2.48. The highest BCUT2D eigenvalue weighted by atomic mass is 32.1. The minimum Gasteiger partial charge on any atom is -0.493 e. The number of amides is 2. The molecule has 2 aliphatic heterocycles. The second-order valence-corrected chi connectivity index (χ2v) is 12.3. The maximum Gasteiger partial charge on any atom is 0.243 e. The van der Waals surface area contributed by atoms with Crippen LogP contribution in [0, 0.1) is 12.8 Å². The molecule has 4 heterocycles. The van der Waals surface area contributed by atoms with Crippen LogP contribution in [0.3, 0.4) is 0 Å². The number of likely N-dealkylation sites (tertiary alicyclic amines) is 1. The summed E-state index contributed by atoms with van der Waals surface area (Å²) in [4.78, 5) is 47.2. The number of nitrogens with one attached hydrogen (secondary N) is 1. The van der Waals surface area contributed by atoms with E-state index in [9.17, 15) is 19.5 Å². The van der Waals surface area contributed by atoms with Crippen molar-refractivity contribution in [2.24, 2.45) is 5.92 Å². The molecule has 0 spiro atoms. The van der Waals surface area contributed by atoms with Crippen LogP contribution in [0.25, 0.3) is 10.4 Å². The Morgan fingerprint density at radius 3 is 2.75 bits per heavy atom. The van der Waals surface area contributed by atoms with Crippen molar-refractivity contribution in [3.05, 3.63) is 46.8 Å². The van der Waals surface area contributed by atoms with Crippen LogP contribution in [0.1, 0.15) is 49.6 Å². The third-order valence-electron chi connectivity index (χ3n) is 7.98. The number of aldehydes is 1. The van der Waals surface area contributed by atoms with E-state index in [4.69, 9.17) is 14.0 Å². The van der Waals surface area contributed by atoms with Crippen molar-refractivity contribution in [2.75, 3.05) is 44.4 Å². The zero-order valence-corrected chi connectivity index (χ0v) is 26.0. The summed E-state index contributed by atoms with van der Waals surface area (Å²) in [5.41, 5.74) is 4.34. The largest absolute Gasteiger partial charge is 0.493 e. The second kappa shape index (κ2) is 14.3. The maximum atomic E-state index is 13.9. The van der Waals surface area contributed by atoms with Gasteiger partial charge in [0, 0.05) is 50.7 Å². The summed E-state index contributed by atoms with van der Waals surface area (Å²) in [6, 6.07) is 6.65. The minimum absolute atomic E-state index is 0.0492. The molecule has 0 saturated carbocycles. The molecular weight excluding hydrogens is 586 g/mol. The maximum absolute atomic E-state index is 13.9. The second-order valence-electron chi connectivity index (χ2n) is 11.4. The fraction of sp³-hybridized carbons (Fsp3) is 0.516. The van der Waals surface area contributed by atoms with Gasteiger partial charge in [0.1, 0.15) is 24.0 Å². The number of aliphatic hydroxyl groups excluding tert-OH is 1. The molecule has 5 rings (SSSR count). The van der Waals surface area contributed by atoms with Gasteiger partial charge in [-0.3, -0.25) is 9.59 Å². The predicted molar refractivity (Wildman–Crippen MR) is 164 cm³/mol. The number of nitrogens with zero attached hydrogens (tertiary/aromatic N) is 4. The number of aromatic nitrogens is 2. The topological polar surface area (TPSA) is 147 Å². The molecule has 2 aromatic heterocycles. The number of hydrogen-bond acceptors (Lipinski definition) is 11. The standard InChI is InChI=1S/C31H39N5O7S/c1-19(2)28(26-15-27(34-43-26)35-7-11-41-12-8-35)31(40)36-17-23(38)14-24(36)30(39)32-16-22-6-5-21(29-20(3)33-18-44-29)13-25(22)42-10-4-9-37/h5-6,9,13,15,18-19,23-24,28,38H,4,7-8,10-12,14,16-17H2,1-3H3,(H,32,39)/t23-,24+,28?/m1/s1. The molecule has 0 aliphatic carbocycles. The highest BCUT2D eigenvalue weighted by Gasteiger charge is 2.43. The molecule has 13 heteroatoms. The van der Waals surface area contributed by atoms with Crippen LogP contribution >= 0.6 is 11.3 Å². The van der Waals surface area contributed by atoms with Crippen LogP contribution in [0.4, 0.5) is 5.82 Å². The van der Waals surface area contributed by atoms with Crippen molar-refractivity contribution >= 4 is 35.3 Å². The van der Waals surface area contributed by atoms with E-state index >= 15 is 0 Å². The van der Waals surface area contributed by atoms with E-state index in [2.05, 4.69) is 20.4 Å². The lowest BCUT2D eigenvalue weighted by atomic mass is 9.91. The number of benzene rings is 1. The van der Waals surface area contributed by atoms with Crippen molar-refractivity contribution in [1.29, 1.82) is 0 Å². The van der Waals surface area contributed by atoms with Crippen molar-refractivity contribution in [3.8, 4) is 16.2 Å². The summed E-state index contributed by atoms with van der Waals surface area (Å²) in [5, 5.41) is 17.7. The minimum atomic E-state index is -0.848. The van der Waals surface area contributed by atoms with E-state index in [0.717, 1.165) is 28.0 Å². The lowest BCUT2D eigenvalue weighted by molar-refractivity contribution is -0.141. The fourth-order valence-corrected chi connectivity index (χ4v) is 6.46. The van der Waals surface area contributed by atoms with Gasteiger partial charge in [0.25, 0.3) is 0 Å². The SMILES string of the molecule is Cc1ncsc1-c1ccc(CNC(=O)[C@@H]2C[C@@H](O)CN2C(=O)C(c2cc(N3CCOCC3)no2)C(C)C)c(OCCC=O)c1. The number of hydrogen-bond donors (Lipinski definition) is 2. The monoisotopic (exact) mass is 625 g/mol. The van der Waals surface area contributed by atoms with Crippen LogP contribution in [0.15, 0.2) is 34.3 Å². The number of morpholine rings is 1. The Kier molecular flexibility index (Phi) is 10.3. The van der Waals surface area contributed by atoms with Gasteiger partial charge in [-0.1, -0.05) is 31.1 Å². The molecule has 12 nitrogen and oxygen atoms in total. The lowest BCUT2D eigenvalue weighted by Gasteiger charge is -2.29. The summed E-state index contributed by atoms with van der Waals surface area (Å²) in [6.45, 7) is 8.74. The van der Waals surface area contributed by atoms with E-state index in [1.165, 1.54) is 16.2 Å². The zero-order chi connectivity index (χ0) is 31.2. The third kappa shape index (κ3) is 7.11. The number of aryl methyl sites for hydroxylation is 1. The Morgan fingerprint density at radius 2 is 2.05 bits per heavy atom.